The van der Waals surface area contributed by atoms with E-state index in [9.17, 15) is 13.7 Å². The molecule has 2 heterocycles. The molecule has 0 spiro atoms. The SMILES string of the molecule is Cl.N#Cc1ccc2c(c1)C1CN(CCCCNS(=O)(=O)c3ccc(Br)cc3)CC1CO2. The molecule has 0 aromatic heterocycles. The van der Waals surface area contributed by atoms with Crippen LogP contribution in [0.15, 0.2) is 51.8 Å². The second kappa shape index (κ2) is 10.3. The van der Waals surface area contributed by atoms with Crippen LogP contribution in [0.2, 0.25) is 0 Å². The summed E-state index contributed by atoms with van der Waals surface area (Å²) in [5.41, 5.74) is 1.82. The maximum atomic E-state index is 12.3. The molecule has 0 amide bonds. The number of halogens is 2. The van der Waals surface area contributed by atoms with E-state index < -0.39 is 10.0 Å². The van der Waals surface area contributed by atoms with Gasteiger partial charge in [-0.3, -0.25) is 0 Å². The van der Waals surface area contributed by atoms with Crippen molar-refractivity contribution in [1.29, 1.82) is 5.26 Å². The standard InChI is InChI=1S/C22H24BrN3O3S.ClH/c23-18-4-6-19(7-5-18)30(27,28)25-9-1-2-10-26-13-17-15-29-22-8-3-16(12-24)11-20(22)21(17)14-26;/h3-8,11,17,21,25H,1-2,9-10,13-15H2;1H. The van der Waals surface area contributed by atoms with E-state index >= 15 is 0 Å². The Morgan fingerprint density at radius 2 is 1.94 bits per heavy atom. The number of likely N-dealkylation sites (tertiary alicyclic amines) is 1. The molecule has 31 heavy (non-hydrogen) atoms. The van der Waals surface area contributed by atoms with E-state index in [0.29, 0.717) is 30.6 Å². The van der Waals surface area contributed by atoms with Crippen molar-refractivity contribution in [3.05, 3.63) is 58.1 Å². The molecule has 2 unspecified atom stereocenters. The van der Waals surface area contributed by atoms with E-state index in [1.807, 2.05) is 12.1 Å². The summed E-state index contributed by atoms with van der Waals surface area (Å²) in [5, 5.41) is 9.19. The van der Waals surface area contributed by atoms with Crippen LogP contribution in [0.1, 0.15) is 29.9 Å². The van der Waals surface area contributed by atoms with Gasteiger partial charge in [-0.05, 0) is 61.9 Å². The Morgan fingerprint density at radius 3 is 2.68 bits per heavy atom. The van der Waals surface area contributed by atoms with Gasteiger partial charge in [0.15, 0.2) is 0 Å². The zero-order chi connectivity index (χ0) is 21.1. The molecule has 4 rings (SSSR count). The Bertz CT molecular complexity index is 1060. The molecule has 2 aromatic rings. The number of benzene rings is 2. The quantitative estimate of drug-likeness (QED) is 0.553. The van der Waals surface area contributed by atoms with Gasteiger partial charge >= 0.3 is 0 Å². The predicted octanol–water partition coefficient (Wildman–Crippen LogP) is 3.91. The van der Waals surface area contributed by atoms with Gasteiger partial charge in [-0.25, -0.2) is 13.1 Å². The average molecular weight is 527 g/mol. The number of nitrogens with zero attached hydrogens (tertiary/aromatic N) is 2. The third-order valence-corrected chi connectivity index (χ3v) is 7.83. The molecule has 0 saturated carbocycles. The van der Waals surface area contributed by atoms with Gasteiger partial charge in [0.05, 0.1) is 23.1 Å². The molecule has 1 fully saturated rings. The molecular formula is C22H25BrClN3O3S. The molecule has 0 aliphatic carbocycles. The summed E-state index contributed by atoms with van der Waals surface area (Å²) in [7, 11) is -3.46. The van der Waals surface area contributed by atoms with Crippen LogP contribution in [-0.2, 0) is 10.0 Å². The summed E-state index contributed by atoms with van der Waals surface area (Å²) in [6.07, 6.45) is 1.71. The van der Waals surface area contributed by atoms with Gasteiger partial charge < -0.3 is 9.64 Å². The summed E-state index contributed by atoms with van der Waals surface area (Å²) in [6, 6.07) is 14.5. The number of hydrogen-bond acceptors (Lipinski definition) is 5. The Morgan fingerprint density at radius 1 is 1.16 bits per heavy atom. The highest BCUT2D eigenvalue weighted by molar-refractivity contribution is 9.10. The van der Waals surface area contributed by atoms with E-state index in [4.69, 9.17) is 4.74 Å². The van der Waals surface area contributed by atoms with Gasteiger partial charge in [-0.15, -0.1) is 12.4 Å². The van der Waals surface area contributed by atoms with E-state index in [1.165, 1.54) is 0 Å². The van der Waals surface area contributed by atoms with Crippen LogP contribution < -0.4 is 9.46 Å². The molecule has 6 nitrogen and oxygen atoms in total. The number of nitriles is 1. The molecule has 2 aliphatic rings. The van der Waals surface area contributed by atoms with Crippen molar-refractivity contribution in [1.82, 2.24) is 9.62 Å². The van der Waals surface area contributed by atoms with Crippen molar-refractivity contribution in [2.24, 2.45) is 5.92 Å². The highest BCUT2D eigenvalue weighted by Gasteiger charge is 2.38. The monoisotopic (exact) mass is 525 g/mol. The van der Waals surface area contributed by atoms with E-state index in [2.05, 4.69) is 31.6 Å². The van der Waals surface area contributed by atoms with Gasteiger partial charge in [0.25, 0.3) is 0 Å². The Kier molecular flexibility index (Phi) is 8.00. The molecule has 1 N–H and O–H groups in total. The summed E-state index contributed by atoms with van der Waals surface area (Å²) < 4.78 is 34.1. The number of rotatable bonds is 7. The third kappa shape index (κ3) is 5.60. The molecule has 0 bridgehead atoms. The normalized spacial score (nSPS) is 20.1. The molecule has 9 heteroatoms. The number of hydrogen-bond donors (Lipinski definition) is 1. The first-order valence-corrected chi connectivity index (χ1v) is 12.4. The summed E-state index contributed by atoms with van der Waals surface area (Å²) in [6.45, 7) is 4.01. The summed E-state index contributed by atoms with van der Waals surface area (Å²) in [4.78, 5) is 2.71. The lowest BCUT2D eigenvalue weighted by Crippen LogP contribution is -2.27. The minimum absolute atomic E-state index is 0. The molecule has 1 saturated heterocycles. The second-order valence-electron chi connectivity index (χ2n) is 7.86. The lowest BCUT2D eigenvalue weighted by Gasteiger charge is -2.27. The van der Waals surface area contributed by atoms with Crippen LogP contribution in [0.5, 0.6) is 5.75 Å². The van der Waals surface area contributed by atoms with Gasteiger partial charge in [0.1, 0.15) is 5.75 Å². The lowest BCUT2D eigenvalue weighted by molar-refractivity contribution is 0.212. The molecule has 2 atom stereocenters. The largest absolute Gasteiger partial charge is 0.493 e. The number of ether oxygens (including phenoxy) is 1. The molecular weight excluding hydrogens is 502 g/mol. The molecule has 2 aliphatic heterocycles. The number of sulfonamides is 1. The highest BCUT2D eigenvalue weighted by atomic mass is 79.9. The van der Waals surface area contributed by atoms with Crippen LogP contribution in [0.4, 0.5) is 0 Å². The van der Waals surface area contributed by atoms with E-state index in [-0.39, 0.29) is 17.3 Å². The zero-order valence-electron chi connectivity index (χ0n) is 17.0. The van der Waals surface area contributed by atoms with Crippen LogP contribution in [0, 0.1) is 17.2 Å². The third-order valence-electron chi connectivity index (χ3n) is 5.83. The van der Waals surface area contributed by atoms with Crippen LogP contribution in [0.25, 0.3) is 0 Å². The summed E-state index contributed by atoms with van der Waals surface area (Å²) in [5.74, 6) is 1.75. The van der Waals surface area contributed by atoms with E-state index in [1.54, 1.807) is 30.3 Å². The van der Waals surface area contributed by atoms with Crippen LogP contribution in [-0.4, -0.2) is 46.1 Å². The fraction of sp³-hybridized carbons (Fsp3) is 0.409. The lowest BCUT2D eigenvalue weighted by atomic mass is 9.86. The topological polar surface area (TPSA) is 82.4 Å². The van der Waals surface area contributed by atoms with Crippen molar-refractivity contribution < 1.29 is 13.2 Å². The Labute approximate surface area is 198 Å². The number of nitrogens with one attached hydrogen (secondary N) is 1. The smallest absolute Gasteiger partial charge is 0.240 e. The van der Waals surface area contributed by atoms with Crippen molar-refractivity contribution in [3.63, 3.8) is 0 Å². The fourth-order valence-electron chi connectivity index (χ4n) is 4.26. The van der Waals surface area contributed by atoms with Crippen LogP contribution in [0.3, 0.4) is 0 Å². The minimum Gasteiger partial charge on any atom is -0.493 e. The van der Waals surface area contributed by atoms with Crippen molar-refractivity contribution >= 4 is 38.4 Å². The summed E-state index contributed by atoms with van der Waals surface area (Å²) >= 11 is 3.31. The van der Waals surface area contributed by atoms with Gasteiger partial charge in [0.2, 0.25) is 10.0 Å². The Hall–Kier alpha value is -1.63. The van der Waals surface area contributed by atoms with Gasteiger partial charge in [0, 0.05) is 41.5 Å². The first-order valence-electron chi connectivity index (χ1n) is 10.1. The zero-order valence-corrected chi connectivity index (χ0v) is 20.2. The molecule has 0 radical (unpaired) electrons. The minimum atomic E-state index is -3.46. The first-order chi connectivity index (χ1) is 14.5. The van der Waals surface area contributed by atoms with Crippen LogP contribution >= 0.6 is 28.3 Å². The number of unbranched alkanes of at least 4 members (excludes halogenated alkanes) is 1. The Balaban J connectivity index is 0.00000272. The second-order valence-corrected chi connectivity index (χ2v) is 10.5. The predicted molar refractivity (Wildman–Crippen MR) is 125 cm³/mol. The molecule has 2 aromatic carbocycles. The average Bonchev–Trinajstić information content (AvgIpc) is 3.17. The highest BCUT2D eigenvalue weighted by Crippen LogP contribution is 2.41. The fourth-order valence-corrected chi connectivity index (χ4v) is 5.60. The maximum absolute atomic E-state index is 12.3. The maximum Gasteiger partial charge on any atom is 0.240 e. The van der Waals surface area contributed by atoms with Gasteiger partial charge in [-0.2, -0.15) is 5.26 Å². The molecule has 166 valence electrons. The van der Waals surface area contributed by atoms with Crippen molar-refractivity contribution in [2.75, 3.05) is 32.8 Å². The van der Waals surface area contributed by atoms with E-state index in [0.717, 1.165) is 48.3 Å². The van der Waals surface area contributed by atoms with Gasteiger partial charge in [-0.1, -0.05) is 15.9 Å². The number of fused-ring (bicyclic) bond motifs is 3. The van der Waals surface area contributed by atoms with Crippen molar-refractivity contribution in [2.45, 2.75) is 23.7 Å². The van der Waals surface area contributed by atoms with Crippen molar-refractivity contribution in [3.8, 4) is 11.8 Å². The first kappa shape index (κ1) is 24.0.